The first kappa shape index (κ1) is 9.86. The van der Waals surface area contributed by atoms with Gasteiger partial charge in [-0.05, 0) is 23.8 Å². The standard InChI is InChI=1S/C11H12FN3/c1-15-11(4-5-14-15)10-6-9(12)3-2-8(10)7-13/h2-6H,7,13H2,1H3. The number of hydrogen-bond acceptors (Lipinski definition) is 2. The largest absolute Gasteiger partial charge is 0.326 e. The molecule has 0 spiro atoms. The first-order valence-corrected chi connectivity index (χ1v) is 4.69. The highest BCUT2D eigenvalue weighted by Gasteiger charge is 2.08. The number of rotatable bonds is 2. The van der Waals surface area contributed by atoms with Gasteiger partial charge in [-0.25, -0.2) is 4.39 Å². The fourth-order valence-electron chi connectivity index (χ4n) is 1.60. The van der Waals surface area contributed by atoms with Crippen LogP contribution in [0.4, 0.5) is 4.39 Å². The van der Waals surface area contributed by atoms with Crippen LogP contribution in [0.3, 0.4) is 0 Å². The average molecular weight is 205 g/mol. The maximum atomic E-state index is 13.1. The van der Waals surface area contributed by atoms with Gasteiger partial charge >= 0.3 is 0 Å². The molecule has 0 atom stereocenters. The summed E-state index contributed by atoms with van der Waals surface area (Å²) in [4.78, 5) is 0. The molecule has 0 aliphatic rings. The van der Waals surface area contributed by atoms with Crippen molar-refractivity contribution in [2.75, 3.05) is 0 Å². The Balaban J connectivity index is 2.60. The monoisotopic (exact) mass is 205 g/mol. The van der Waals surface area contributed by atoms with Gasteiger partial charge in [-0.3, -0.25) is 4.68 Å². The fourth-order valence-corrected chi connectivity index (χ4v) is 1.60. The second-order valence-corrected chi connectivity index (χ2v) is 3.35. The summed E-state index contributed by atoms with van der Waals surface area (Å²) >= 11 is 0. The zero-order valence-electron chi connectivity index (χ0n) is 8.44. The van der Waals surface area contributed by atoms with Crippen LogP contribution in [-0.4, -0.2) is 9.78 Å². The molecular formula is C11H12FN3. The van der Waals surface area contributed by atoms with Crippen molar-refractivity contribution in [2.45, 2.75) is 6.54 Å². The van der Waals surface area contributed by atoms with Gasteiger partial charge < -0.3 is 5.73 Å². The molecule has 78 valence electrons. The van der Waals surface area contributed by atoms with Gasteiger partial charge in [0.15, 0.2) is 0 Å². The Hall–Kier alpha value is -1.68. The highest BCUT2D eigenvalue weighted by Crippen LogP contribution is 2.23. The number of aryl methyl sites for hydroxylation is 1. The Bertz CT molecular complexity index is 476. The lowest BCUT2D eigenvalue weighted by atomic mass is 10.0. The number of aromatic nitrogens is 2. The van der Waals surface area contributed by atoms with Gasteiger partial charge in [-0.15, -0.1) is 0 Å². The summed E-state index contributed by atoms with van der Waals surface area (Å²) < 4.78 is 14.8. The Morgan fingerprint density at radius 3 is 2.80 bits per heavy atom. The number of benzene rings is 1. The van der Waals surface area contributed by atoms with Gasteiger partial charge in [0, 0.05) is 25.4 Å². The molecular weight excluding hydrogens is 193 g/mol. The van der Waals surface area contributed by atoms with Crippen LogP contribution in [0.15, 0.2) is 30.5 Å². The quantitative estimate of drug-likeness (QED) is 0.810. The number of nitrogens with two attached hydrogens (primary N) is 1. The van der Waals surface area contributed by atoms with Crippen LogP contribution in [0.2, 0.25) is 0 Å². The van der Waals surface area contributed by atoms with Crippen LogP contribution in [0.25, 0.3) is 11.3 Å². The van der Waals surface area contributed by atoms with Gasteiger partial charge in [0.05, 0.1) is 5.69 Å². The molecule has 2 N–H and O–H groups in total. The minimum atomic E-state index is -0.261. The molecule has 4 heteroatoms. The highest BCUT2D eigenvalue weighted by molar-refractivity contribution is 5.63. The van der Waals surface area contributed by atoms with E-state index in [0.717, 1.165) is 16.8 Å². The molecule has 0 aliphatic heterocycles. The van der Waals surface area contributed by atoms with Gasteiger partial charge in [0.1, 0.15) is 5.82 Å². The second-order valence-electron chi connectivity index (χ2n) is 3.35. The van der Waals surface area contributed by atoms with Crippen LogP contribution in [0.5, 0.6) is 0 Å². The molecule has 1 heterocycles. The first-order chi connectivity index (χ1) is 7.22. The molecule has 0 amide bonds. The van der Waals surface area contributed by atoms with Crippen LogP contribution < -0.4 is 5.73 Å². The normalized spacial score (nSPS) is 10.6. The maximum absolute atomic E-state index is 13.1. The molecule has 3 nitrogen and oxygen atoms in total. The molecule has 1 aromatic carbocycles. The van der Waals surface area contributed by atoms with Gasteiger partial charge in [0.2, 0.25) is 0 Å². The molecule has 0 radical (unpaired) electrons. The van der Waals surface area contributed by atoms with Crippen molar-refractivity contribution in [3.63, 3.8) is 0 Å². The molecule has 2 rings (SSSR count). The molecule has 0 aliphatic carbocycles. The first-order valence-electron chi connectivity index (χ1n) is 4.69. The van der Waals surface area contributed by atoms with Crippen LogP contribution in [0, 0.1) is 5.82 Å². The number of hydrogen-bond donors (Lipinski definition) is 1. The lowest BCUT2D eigenvalue weighted by Gasteiger charge is -2.08. The topological polar surface area (TPSA) is 43.8 Å². The predicted molar refractivity (Wildman–Crippen MR) is 56.5 cm³/mol. The van der Waals surface area contributed by atoms with Crippen LogP contribution in [-0.2, 0) is 13.6 Å². The Kier molecular flexibility index (Phi) is 2.51. The second kappa shape index (κ2) is 3.82. The third-order valence-corrected chi connectivity index (χ3v) is 2.39. The van der Waals surface area contributed by atoms with Crippen molar-refractivity contribution >= 4 is 0 Å². The third kappa shape index (κ3) is 1.76. The minimum Gasteiger partial charge on any atom is -0.326 e. The Labute approximate surface area is 87.3 Å². The Morgan fingerprint density at radius 1 is 1.40 bits per heavy atom. The van der Waals surface area contributed by atoms with Crippen molar-refractivity contribution in [3.05, 3.63) is 41.8 Å². The van der Waals surface area contributed by atoms with E-state index in [2.05, 4.69) is 5.10 Å². The van der Waals surface area contributed by atoms with Crippen molar-refractivity contribution < 1.29 is 4.39 Å². The molecule has 0 unspecified atom stereocenters. The van der Waals surface area contributed by atoms with Crippen molar-refractivity contribution in [2.24, 2.45) is 12.8 Å². The number of nitrogens with zero attached hydrogens (tertiary/aromatic N) is 2. The van der Waals surface area contributed by atoms with Crippen LogP contribution >= 0.6 is 0 Å². The third-order valence-electron chi connectivity index (χ3n) is 2.39. The molecule has 1 aromatic heterocycles. The van der Waals surface area contributed by atoms with E-state index in [-0.39, 0.29) is 5.82 Å². The fraction of sp³-hybridized carbons (Fsp3) is 0.182. The predicted octanol–water partition coefficient (Wildman–Crippen LogP) is 1.68. The summed E-state index contributed by atoms with van der Waals surface area (Å²) in [7, 11) is 1.82. The highest BCUT2D eigenvalue weighted by atomic mass is 19.1. The van der Waals surface area contributed by atoms with E-state index in [1.807, 2.05) is 13.1 Å². The molecule has 0 saturated carbocycles. The number of halogens is 1. The van der Waals surface area contributed by atoms with E-state index in [9.17, 15) is 4.39 Å². The summed E-state index contributed by atoms with van der Waals surface area (Å²) in [6.45, 7) is 0.390. The summed E-state index contributed by atoms with van der Waals surface area (Å²) in [6, 6.07) is 6.45. The van der Waals surface area contributed by atoms with Crippen molar-refractivity contribution in [1.82, 2.24) is 9.78 Å². The molecule has 2 aromatic rings. The summed E-state index contributed by atoms with van der Waals surface area (Å²) in [5.74, 6) is -0.261. The van der Waals surface area contributed by atoms with E-state index < -0.39 is 0 Å². The molecule has 0 saturated heterocycles. The SMILES string of the molecule is Cn1nccc1-c1cc(F)ccc1CN. The van der Waals surface area contributed by atoms with Gasteiger partial charge in [0.25, 0.3) is 0 Å². The van der Waals surface area contributed by atoms with E-state index in [1.54, 1.807) is 16.9 Å². The zero-order chi connectivity index (χ0) is 10.8. The molecule has 0 bridgehead atoms. The van der Waals surface area contributed by atoms with Gasteiger partial charge in [-0.1, -0.05) is 6.07 Å². The summed E-state index contributed by atoms with van der Waals surface area (Å²) in [6.07, 6.45) is 1.68. The van der Waals surface area contributed by atoms with Crippen molar-refractivity contribution in [3.8, 4) is 11.3 Å². The average Bonchev–Trinajstić information content (AvgIpc) is 2.64. The van der Waals surface area contributed by atoms with E-state index >= 15 is 0 Å². The zero-order valence-corrected chi connectivity index (χ0v) is 8.44. The Morgan fingerprint density at radius 2 is 2.20 bits per heavy atom. The maximum Gasteiger partial charge on any atom is 0.123 e. The van der Waals surface area contributed by atoms with E-state index in [0.29, 0.717) is 6.54 Å². The lowest BCUT2D eigenvalue weighted by Crippen LogP contribution is -2.02. The smallest absolute Gasteiger partial charge is 0.123 e. The van der Waals surface area contributed by atoms with E-state index in [1.165, 1.54) is 12.1 Å². The van der Waals surface area contributed by atoms with Crippen molar-refractivity contribution in [1.29, 1.82) is 0 Å². The molecule has 15 heavy (non-hydrogen) atoms. The summed E-state index contributed by atoms with van der Waals surface area (Å²) in [5.41, 5.74) is 8.19. The van der Waals surface area contributed by atoms with E-state index in [4.69, 9.17) is 5.73 Å². The lowest BCUT2D eigenvalue weighted by molar-refractivity contribution is 0.627. The minimum absolute atomic E-state index is 0.261. The molecule has 0 fully saturated rings. The summed E-state index contributed by atoms with van der Waals surface area (Å²) in [5, 5.41) is 4.05. The van der Waals surface area contributed by atoms with Crippen LogP contribution in [0.1, 0.15) is 5.56 Å². The van der Waals surface area contributed by atoms with Gasteiger partial charge in [-0.2, -0.15) is 5.10 Å².